The van der Waals surface area contributed by atoms with Crippen molar-refractivity contribution in [2.75, 3.05) is 13.6 Å². The lowest BCUT2D eigenvalue weighted by atomic mass is 9.98. The third-order valence-electron chi connectivity index (χ3n) is 3.06. The Balaban J connectivity index is 0.000000686. The molecule has 1 aliphatic rings. The second-order valence-electron chi connectivity index (χ2n) is 4.68. The summed E-state index contributed by atoms with van der Waals surface area (Å²) in [7, 11) is 2.18. The van der Waals surface area contributed by atoms with Crippen LogP contribution in [0, 0.1) is 12.8 Å². The standard InChI is InChI=1S/C14H19N.C2H6/c1-11-4-7-13(8-5-11)14-9-6-12(2)10-15(14)3;1-2/h4-5,7-9,12H,6,10H2,1-3H3;1-2H3. The van der Waals surface area contributed by atoms with Crippen molar-refractivity contribution in [2.45, 2.75) is 34.1 Å². The molecule has 1 aliphatic heterocycles. The van der Waals surface area contributed by atoms with Gasteiger partial charge in [-0.1, -0.05) is 56.7 Å². The molecule has 17 heavy (non-hydrogen) atoms. The lowest BCUT2D eigenvalue weighted by Gasteiger charge is -2.30. The van der Waals surface area contributed by atoms with Crippen LogP contribution in [-0.2, 0) is 0 Å². The first kappa shape index (κ1) is 13.8. The van der Waals surface area contributed by atoms with Crippen molar-refractivity contribution < 1.29 is 0 Å². The Hall–Kier alpha value is -1.24. The number of nitrogens with zero attached hydrogens (tertiary/aromatic N) is 1. The zero-order valence-corrected chi connectivity index (χ0v) is 11.8. The fourth-order valence-electron chi connectivity index (χ4n) is 2.17. The van der Waals surface area contributed by atoms with E-state index in [-0.39, 0.29) is 0 Å². The fraction of sp³-hybridized carbons (Fsp3) is 0.500. The average Bonchev–Trinajstić information content (AvgIpc) is 2.33. The molecule has 94 valence electrons. The maximum absolute atomic E-state index is 2.36. The van der Waals surface area contributed by atoms with Crippen LogP contribution in [0.2, 0.25) is 0 Å². The van der Waals surface area contributed by atoms with E-state index in [1.165, 1.54) is 29.8 Å². The number of aryl methyl sites for hydroxylation is 1. The van der Waals surface area contributed by atoms with Crippen LogP contribution in [0.15, 0.2) is 30.3 Å². The molecular formula is C16H25N. The van der Waals surface area contributed by atoms with E-state index in [0.29, 0.717) is 0 Å². The number of rotatable bonds is 1. The number of allylic oxidation sites excluding steroid dienone is 1. The summed E-state index contributed by atoms with van der Waals surface area (Å²) in [5, 5.41) is 0. The van der Waals surface area contributed by atoms with Crippen molar-refractivity contribution in [3.05, 3.63) is 41.5 Å². The summed E-state index contributed by atoms with van der Waals surface area (Å²) in [5.74, 6) is 0.782. The Bertz CT molecular complexity index is 362. The summed E-state index contributed by atoms with van der Waals surface area (Å²) in [6.07, 6.45) is 3.56. The summed E-state index contributed by atoms with van der Waals surface area (Å²) < 4.78 is 0. The van der Waals surface area contributed by atoms with Crippen LogP contribution in [0.4, 0.5) is 0 Å². The van der Waals surface area contributed by atoms with Gasteiger partial charge in [0.15, 0.2) is 0 Å². The molecule has 0 N–H and O–H groups in total. The lowest BCUT2D eigenvalue weighted by Crippen LogP contribution is -2.26. The van der Waals surface area contributed by atoms with Crippen molar-refractivity contribution in [3.63, 3.8) is 0 Å². The molecule has 1 atom stereocenters. The third kappa shape index (κ3) is 3.62. The first-order valence-corrected chi connectivity index (χ1v) is 6.65. The molecule has 0 saturated heterocycles. The molecule has 1 heteroatoms. The first-order chi connectivity index (χ1) is 8.16. The number of benzene rings is 1. The molecule has 0 aromatic heterocycles. The van der Waals surface area contributed by atoms with Gasteiger partial charge in [0, 0.05) is 19.3 Å². The van der Waals surface area contributed by atoms with E-state index in [2.05, 4.69) is 56.1 Å². The van der Waals surface area contributed by atoms with Crippen molar-refractivity contribution >= 4 is 5.70 Å². The van der Waals surface area contributed by atoms with Crippen LogP contribution >= 0.6 is 0 Å². The molecule has 1 nitrogen and oxygen atoms in total. The van der Waals surface area contributed by atoms with E-state index in [0.717, 1.165) is 5.92 Å². The normalized spacial score (nSPS) is 19.2. The first-order valence-electron chi connectivity index (χ1n) is 6.65. The second kappa shape index (κ2) is 6.48. The predicted molar refractivity (Wildman–Crippen MR) is 76.9 cm³/mol. The van der Waals surface area contributed by atoms with E-state index < -0.39 is 0 Å². The maximum Gasteiger partial charge on any atom is 0.0396 e. The third-order valence-corrected chi connectivity index (χ3v) is 3.06. The minimum absolute atomic E-state index is 0.782. The molecule has 0 saturated carbocycles. The van der Waals surface area contributed by atoms with E-state index in [1.807, 2.05) is 13.8 Å². The highest BCUT2D eigenvalue weighted by Crippen LogP contribution is 2.25. The average molecular weight is 231 g/mol. The van der Waals surface area contributed by atoms with Gasteiger partial charge in [0.05, 0.1) is 0 Å². The van der Waals surface area contributed by atoms with Gasteiger partial charge in [0.25, 0.3) is 0 Å². The Morgan fingerprint density at radius 1 is 1.12 bits per heavy atom. The quantitative estimate of drug-likeness (QED) is 0.695. The van der Waals surface area contributed by atoms with Crippen LogP contribution in [0.5, 0.6) is 0 Å². The van der Waals surface area contributed by atoms with E-state index in [9.17, 15) is 0 Å². The molecular weight excluding hydrogens is 206 g/mol. The van der Waals surface area contributed by atoms with Gasteiger partial charge in [0.2, 0.25) is 0 Å². The van der Waals surface area contributed by atoms with Crippen molar-refractivity contribution in [1.82, 2.24) is 4.90 Å². The molecule has 0 fully saturated rings. The van der Waals surface area contributed by atoms with Crippen molar-refractivity contribution in [1.29, 1.82) is 0 Å². The zero-order chi connectivity index (χ0) is 12.8. The van der Waals surface area contributed by atoms with E-state index in [1.54, 1.807) is 0 Å². The highest BCUT2D eigenvalue weighted by molar-refractivity contribution is 5.64. The van der Waals surface area contributed by atoms with Crippen molar-refractivity contribution in [2.24, 2.45) is 5.92 Å². The summed E-state index contributed by atoms with van der Waals surface area (Å²) >= 11 is 0. The monoisotopic (exact) mass is 231 g/mol. The number of hydrogen-bond donors (Lipinski definition) is 0. The van der Waals surface area contributed by atoms with Gasteiger partial charge >= 0.3 is 0 Å². The Morgan fingerprint density at radius 2 is 1.71 bits per heavy atom. The van der Waals surface area contributed by atoms with Gasteiger partial charge in [-0.2, -0.15) is 0 Å². The largest absolute Gasteiger partial charge is 0.374 e. The Morgan fingerprint density at radius 3 is 2.24 bits per heavy atom. The zero-order valence-electron chi connectivity index (χ0n) is 11.8. The van der Waals surface area contributed by atoms with Gasteiger partial charge in [-0.25, -0.2) is 0 Å². The summed E-state index contributed by atoms with van der Waals surface area (Å²) in [4.78, 5) is 2.36. The van der Waals surface area contributed by atoms with Crippen molar-refractivity contribution in [3.8, 4) is 0 Å². The summed E-state index contributed by atoms with van der Waals surface area (Å²) in [5.41, 5.74) is 4.05. The summed E-state index contributed by atoms with van der Waals surface area (Å²) in [6, 6.07) is 8.80. The Labute approximate surface area is 106 Å². The smallest absolute Gasteiger partial charge is 0.0396 e. The highest BCUT2D eigenvalue weighted by atomic mass is 15.1. The fourth-order valence-corrected chi connectivity index (χ4v) is 2.17. The molecule has 0 radical (unpaired) electrons. The molecule has 1 unspecified atom stereocenters. The van der Waals surface area contributed by atoms with Gasteiger partial charge < -0.3 is 4.90 Å². The topological polar surface area (TPSA) is 3.24 Å². The predicted octanol–water partition coefficient (Wildman–Crippen LogP) is 4.33. The number of hydrogen-bond acceptors (Lipinski definition) is 1. The lowest BCUT2D eigenvalue weighted by molar-refractivity contribution is 0.370. The van der Waals surface area contributed by atoms with E-state index in [4.69, 9.17) is 0 Å². The van der Waals surface area contributed by atoms with Gasteiger partial charge in [-0.3, -0.25) is 0 Å². The second-order valence-corrected chi connectivity index (χ2v) is 4.68. The molecule has 0 bridgehead atoms. The molecule has 0 amide bonds. The maximum atomic E-state index is 2.36. The van der Waals surface area contributed by atoms with Crippen LogP contribution in [0.3, 0.4) is 0 Å². The molecule has 0 spiro atoms. The van der Waals surface area contributed by atoms with E-state index >= 15 is 0 Å². The van der Waals surface area contributed by atoms with Crippen LogP contribution in [0.25, 0.3) is 5.70 Å². The highest BCUT2D eigenvalue weighted by Gasteiger charge is 2.15. The summed E-state index contributed by atoms with van der Waals surface area (Å²) in [6.45, 7) is 9.60. The van der Waals surface area contributed by atoms with Gasteiger partial charge in [0.1, 0.15) is 0 Å². The minimum atomic E-state index is 0.782. The van der Waals surface area contributed by atoms with Crippen LogP contribution in [-0.4, -0.2) is 18.5 Å². The molecule has 1 heterocycles. The molecule has 1 aromatic carbocycles. The molecule has 0 aliphatic carbocycles. The van der Waals surface area contributed by atoms with Gasteiger partial charge in [-0.05, 0) is 24.8 Å². The van der Waals surface area contributed by atoms with Crippen LogP contribution in [0.1, 0.15) is 38.3 Å². The van der Waals surface area contributed by atoms with Crippen LogP contribution < -0.4 is 0 Å². The van der Waals surface area contributed by atoms with Gasteiger partial charge in [-0.15, -0.1) is 0 Å². The Kier molecular flexibility index (Phi) is 5.27. The molecule has 2 rings (SSSR count). The SMILES string of the molecule is CC.Cc1ccc(C2=CCC(C)CN2C)cc1. The minimum Gasteiger partial charge on any atom is -0.374 e. The molecule has 1 aromatic rings.